The fourth-order valence-corrected chi connectivity index (χ4v) is 2.17. The number of ether oxygens (including phenoxy) is 1. The number of carbonyl (C=O) groups is 1. The molecule has 20 heavy (non-hydrogen) atoms. The van der Waals surface area contributed by atoms with E-state index in [1.165, 1.54) is 7.11 Å². The van der Waals surface area contributed by atoms with Crippen molar-refractivity contribution in [1.82, 2.24) is 0 Å². The van der Waals surface area contributed by atoms with E-state index >= 15 is 0 Å². The Labute approximate surface area is 119 Å². The summed E-state index contributed by atoms with van der Waals surface area (Å²) < 4.78 is 21.9. The fourth-order valence-electron chi connectivity index (χ4n) is 2.17. The van der Waals surface area contributed by atoms with Crippen LogP contribution in [0.25, 0.3) is 0 Å². The molecule has 1 fully saturated rings. The minimum absolute atomic E-state index is 0.187. The van der Waals surface area contributed by atoms with Gasteiger partial charge in [-0.05, 0) is 39.3 Å². The number of hydrogen-bond donors (Lipinski definition) is 0. The first kappa shape index (κ1) is 15.1. The second-order valence-electron chi connectivity index (χ2n) is 6.07. The molecular weight excluding hydrogens is 259 g/mol. The zero-order chi connectivity index (χ0) is 15.0. The molecule has 1 aliphatic rings. The first-order valence-corrected chi connectivity index (χ1v) is 6.71. The highest BCUT2D eigenvalue weighted by molar-refractivity contribution is 6.48. The third kappa shape index (κ3) is 2.76. The van der Waals surface area contributed by atoms with Gasteiger partial charge in [0, 0.05) is 5.82 Å². The van der Waals surface area contributed by atoms with Gasteiger partial charge in [-0.25, -0.2) is 0 Å². The molecule has 1 unspecified atom stereocenters. The van der Waals surface area contributed by atoms with Crippen LogP contribution in [0.2, 0.25) is 0 Å². The number of methoxy groups -OCH3 is 1. The van der Waals surface area contributed by atoms with Gasteiger partial charge in [-0.15, -0.1) is 0 Å². The van der Waals surface area contributed by atoms with Crippen molar-refractivity contribution in [3.8, 4) is 0 Å². The van der Waals surface area contributed by atoms with Crippen molar-refractivity contribution in [3.05, 3.63) is 24.2 Å². The van der Waals surface area contributed by atoms with Gasteiger partial charge in [-0.3, -0.25) is 4.79 Å². The molecule has 0 spiro atoms. The van der Waals surface area contributed by atoms with Crippen molar-refractivity contribution in [2.75, 3.05) is 7.11 Å². The highest BCUT2D eigenvalue weighted by Crippen LogP contribution is 2.41. The van der Waals surface area contributed by atoms with E-state index in [4.69, 9.17) is 18.5 Å². The van der Waals surface area contributed by atoms with E-state index in [1.54, 1.807) is 12.5 Å². The van der Waals surface area contributed by atoms with Crippen molar-refractivity contribution in [3.63, 3.8) is 0 Å². The van der Waals surface area contributed by atoms with E-state index in [0.29, 0.717) is 0 Å². The average Bonchev–Trinajstić information content (AvgIpc) is 2.93. The summed E-state index contributed by atoms with van der Waals surface area (Å²) in [4.78, 5) is 11.6. The number of carbonyl (C=O) groups excluding carboxylic acids is 1. The second kappa shape index (κ2) is 5.26. The maximum Gasteiger partial charge on any atom is 0.466 e. The summed E-state index contributed by atoms with van der Waals surface area (Å²) in [6, 6.07) is 1.82. The SMILES string of the molecule is COC(=O)CC(B1OC(C)(C)C(C)(C)O1)c1ccoc1. The molecule has 110 valence electrons. The minimum Gasteiger partial charge on any atom is -0.472 e. The number of hydrogen-bond acceptors (Lipinski definition) is 5. The lowest BCUT2D eigenvalue weighted by atomic mass is 9.67. The van der Waals surface area contributed by atoms with Crippen molar-refractivity contribution in [1.29, 1.82) is 0 Å². The van der Waals surface area contributed by atoms with Gasteiger partial charge in [0.05, 0.1) is 37.3 Å². The van der Waals surface area contributed by atoms with E-state index in [2.05, 4.69) is 0 Å². The Kier molecular flexibility index (Phi) is 3.98. The fraction of sp³-hybridized carbons (Fsp3) is 0.643. The Morgan fingerprint density at radius 1 is 1.30 bits per heavy atom. The Morgan fingerprint density at radius 2 is 1.90 bits per heavy atom. The van der Waals surface area contributed by atoms with Crippen molar-refractivity contribution in [2.45, 2.75) is 51.1 Å². The van der Waals surface area contributed by atoms with Gasteiger partial charge in [0.1, 0.15) is 0 Å². The Morgan fingerprint density at radius 3 is 2.35 bits per heavy atom. The molecule has 0 aromatic carbocycles. The average molecular weight is 280 g/mol. The van der Waals surface area contributed by atoms with Crippen molar-refractivity contribution < 1.29 is 23.3 Å². The monoisotopic (exact) mass is 280 g/mol. The standard InChI is InChI=1S/C14H21BO5/c1-13(2)14(3,4)20-15(19-13)11(8-12(16)17-5)10-6-7-18-9-10/h6-7,9,11H,8H2,1-5H3. The van der Waals surface area contributed by atoms with Gasteiger partial charge >= 0.3 is 13.1 Å². The van der Waals surface area contributed by atoms with E-state index in [-0.39, 0.29) is 18.2 Å². The molecule has 1 saturated heterocycles. The molecule has 2 rings (SSSR count). The van der Waals surface area contributed by atoms with Crippen LogP contribution in [0.5, 0.6) is 0 Å². The van der Waals surface area contributed by atoms with E-state index in [9.17, 15) is 4.79 Å². The number of esters is 1. The van der Waals surface area contributed by atoms with Gasteiger partial charge in [0.2, 0.25) is 0 Å². The van der Waals surface area contributed by atoms with Crippen LogP contribution in [0.4, 0.5) is 0 Å². The van der Waals surface area contributed by atoms with Crippen molar-refractivity contribution in [2.24, 2.45) is 0 Å². The molecule has 6 heteroatoms. The van der Waals surface area contributed by atoms with E-state index < -0.39 is 18.3 Å². The lowest BCUT2D eigenvalue weighted by Crippen LogP contribution is -2.41. The smallest absolute Gasteiger partial charge is 0.466 e. The summed E-state index contributed by atoms with van der Waals surface area (Å²) in [5.74, 6) is -0.548. The molecule has 1 aliphatic heterocycles. The van der Waals surface area contributed by atoms with Crippen LogP contribution in [0.1, 0.15) is 45.5 Å². The lowest BCUT2D eigenvalue weighted by molar-refractivity contribution is -0.140. The lowest BCUT2D eigenvalue weighted by Gasteiger charge is -2.32. The summed E-state index contributed by atoms with van der Waals surface area (Å²) in [6.45, 7) is 7.93. The van der Waals surface area contributed by atoms with Gasteiger partial charge in [0.25, 0.3) is 0 Å². The zero-order valence-electron chi connectivity index (χ0n) is 12.6. The molecular formula is C14H21BO5. The molecule has 0 N–H and O–H groups in total. The predicted octanol–water partition coefficient (Wildman–Crippen LogP) is 2.56. The van der Waals surface area contributed by atoms with Crippen LogP contribution in [0.3, 0.4) is 0 Å². The first-order valence-electron chi connectivity index (χ1n) is 6.71. The number of rotatable bonds is 4. The molecule has 1 atom stereocenters. The van der Waals surface area contributed by atoms with Gasteiger partial charge in [-0.2, -0.15) is 0 Å². The number of furan rings is 1. The maximum absolute atomic E-state index is 11.6. The molecule has 5 nitrogen and oxygen atoms in total. The molecule has 2 heterocycles. The van der Waals surface area contributed by atoms with E-state index in [0.717, 1.165) is 5.56 Å². The van der Waals surface area contributed by atoms with Gasteiger partial charge < -0.3 is 18.5 Å². The normalized spacial score (nSPS) is 21.8. The summed E-state index contributed by atoms with van der Waals surface area (Å²) in [7, 11) is 0.871. The predicted molar refractivity (Wildman–Crippen MR) is 74.2 cm³/mol. The Hall–Kier alpha value is -1.27. The summed E-state index contributed by atoms with van der Waals surface area (Å²) >= 11 is 0. The zero-order valence-corrected chi connectivity index (χ0v) is 12.6. The molecule has 1 aromatic heterocycles. The Balaban J connectivity index is 2.23. The first-order chi connectivity index (χ1) is 9.27. The third-order valence-electron chi connectivity index (χ3n) is 4.19. The highest BCUT2D eigenvalue weighted by atomic mass is 16.7. The third-order valence-corrected chi connectivity index (χ3v) is 4.19. The van der Waals surface area contributed by atoms with Crippen molar-refractivity contribution >= 4 is 13.1 Å². The largest absolute Gasteiger partial charge is 0.472 e. The molecule has 0 saturated carbocycles. The van der Waals surface area contributed by atoms with Crippen LogP contribution in [0.15, 0.2) is 23.0 Å². The molecule has 0 bridgehead atoms. The van der Waals surface area contributed by atoms with Gasteiger partial charge in [0.15, 0.2) is 0 Å². The molecule has 0 amide bonds. The van der Waals surface area contributed by atoms with Crippen LogP contribution in [-0.2, 0) is 18.8 Å². The second-order valence-corrected chi connectivity index (χ2v) is 6.07. The molecule has 1 aromatic rings. The van der Waals surface area contributed by atoms with Crippen LogP contribution >= 0.6 is 0 Å². The summed E-state index contributed by atoms with van der Waals surface area (Å²) in [5.41, 5.74) is -0.000149. The van der Waals surface area contributed by atoms with Crippen LogP contribution < -0.4 is 0 Å². The summed E-state index contributed by atoms with van der Waals surface area (Å²) in [6.07, 6.45) is 3.37. The van der Waals surface area contributed by atoms with Gasteiger partial charge in [-0.1, -0.05) is 0 Å². The van der Waals surface area contributed by atoms with Crippen LogP contribution in [-0.4, -0.2) is 31.4 Å². The minimum atomic E-state index is -0.503. The highest BCUT2D eigenvalue weighted by Gasteiger charge is 2.54. The Bertz CT molecular complexity index is 450. The molecule has 0 aliphatic carbocycles. The van der Waals surface area contributed by atoms with Crippen LogP contribution in [0, 0.1) is 0 Å². The summed E-state index contributed by atoms with van der Waals surface area (Å²) in [5, 5.41) is 0. The van der Waals surface area contributed by atoms with E-state index in [1.807, 2.05) is 33.8 Å². The quantitative estimate of drug-likeness (QED) is 0.626. The topological polar surface area (TPSA) is 57.9 Å². The molecule has 0 radical (unpaired) electrons. The maximum atomic E-state index is 11.6.